The van der Waals surface area contributed by atoms with Gasteiger partial charge in [-0.1, -0.05) is 11.2 Å². The van der Waals surface area contributed by atoms with E-state index >= 15 is 0 Å². The number of nitrogens with two attached hydrogens (primary N) is 1. The highest BCUT2D eigenvalue weighted by Crippen LogP contribution is 2.07. The average Bonchev–Trinajstić information content (AvgIpc) is 2.18. The number of hydrogen-bond acceptors (Lipinski definition) is 4. The summed E-state index contributed by atoms with van der Waals surface area (Å²) in [6.45, 7) is 0. The zero-order valence-electron chi connectivity index (χ0n) is 8.31. The lowest BCUT2D eigenvalue weighted by Gasteiger charge is -2.10. The molecule has 76 valence electrons. The number of rotatable bonds is 3. The Labute approximate surface area is 82.9 Å². The molecule has 1 aromatic rings. The SMILES string of the molecule is CN(C)c1ccc(C/C(N)=N/O)cn1. The van der Waals surface area contributed by atoms with Gasteiger partial charge in [0, 0.05) is 26.7 Å². The van der Waals surface area contributed by atoms with E-state index in [-0.39, 0.29) is 5.84 Å². The Morgan fingerprint density at radius 2 is 2.29 bits per heavy atom. The van der Waals surface area contributed by atoms with Gasteiger partial charge in [-0.15, -0.1) is 0 Å². The Morgan fingerprint density at radius 3 is 2.71 bits per heavy atom. The normalized spacial score (nSPS) is 11.4. The van der Waals surface area contributed by atoms with Crippen molar-refractivity contribution >= 4 is 11.7 Å². The Hall–Kier alpha value is -1.78. The fraction of sp³-hybridized carbons (Fsp3) is 0.333. The first-order valence-corrected chi connectivity index (χ1v) is 4.22. The Morgan fingerprint density at radius 1 is 1.57 bits per heavy atom. The minimum Gasteiger partial charge on any atom is -0.409 e. The summed E-state index contributed by atoms with van der Waals surface area (Å²) in [5.41, 5.74) is 6.29. The molecular weight excluding hydrogens is 180 g/mol. The topological polar surface area (TPSA) is 74.7 Å². The van der Waals surface area contributed by atoms with E-state index in [2.05, 4.69) is 10.1 Å². The average molecular weight is 194 g/mol. The number of anilines is 1. The van der Waals surface area contributed by atoms with Gasteiger partial charge in [0.25, 0.3) is 0 Å². The standard InChI is InChI=1S/C9H14N4O/c1-13(2)9-4-3-7(6-11-9)5-8(10)12-14/h3-4,6,14H,5H2,1-2H3,(H2,10,12). The van der Waals surface area contributed by atoms with Crippen LogP contribution in [0.3, 0.4) is 0 Å². The molecule has 14 heavy (non-hydrogen) atoms. The van der Waals surface area contributed by atoms with Crippen LogP contribution < -0.4 is 10.6 Å². The molecule has 0 fully saturated rings. The van der Waals surface area contributed by atoms with Crippen molar-refractivity contribution in [2.24, 2.45) is 10.9 Å². The lowest BCUT2D eigenvalue weighted by molar-refractivity contribution is 0.317. The third-order valence-electron chi connectivity index (χ3n) is 1.78. The molecule has 0 aliphatic rings. The molecule has 0 aliphatic heterocycles. The number of amidine groups is 1. The maximum absolute atomic E-state index is 8.37. The van der Waals surface area contributed by atoms with Crippen LogP contribution in [0.15, 0.2) is 23.5 Å². The van der Waals surface area contributed by atoms with Gasteiger partial charge in [0.1, 0.15) is 11.7 Å². The van der Waals surface area contributed by atoms with Gasteiger partial charge in [-0.2, -0.15) is 0 Å². The molecule has 1 rings (SSSR count). The second-order valence-corrected chi connectivity index (χ2v) is 3.19. The molecule has 0 amide bonds. The van der Waals surface area contributed by atoms with Gasteiger partial charge in [-0.3, -0.25) is 0 Å². The van der Waals surface area contributed by atoms with Crippen LogP contribution >= 0.6 is 0 Å². The van der Waals surface area contributed by atoms with Crippen molar-refractivity contribution in [3.05, 3.63) is 23.9 Å². The summed E-state index contributed by atoms with van der Waals surface area (Å²) in [4.78, 5) is 6.11. The summed E-state index contributed by atoms with van der Waals surface area (Å²) >= 11 is 0. The van der Waals surface area contributed by atoms with Crippen molar-refractivity contribution < 1.29 is 5.21 Å². The molecule has 0 aliphatic carbocycles. The van der Waals surface area contributed by atoms with Gasteiger partial charge in [0.2, 0.25) is 0 Å². The highest BCUT2D eigenvalue weighted by molar-refractivity contribution is 5.81. The largest absolute Gasteiger partial charge is 0.409 e. The monoisotopic (exact) mass is 194 g/mol. The first-order chi connectivity index (χ1) is 6.63. The molecule has 0 radical (unpaired) electrons. The summed E-state index contributed by atoms with van der Waals surface area (Å²) in [5, 5.41) is 11.3. The highest BCUT2D eigenvalue weighted by atomic mass is 16.4. The quantitative estimate of drug-likeness (QED) is 0.317. The number of hydrogen-bond donors (Lipinski definition) is 2. The Kier molecular flexibility index (Phi) is 3.28. The van der Waals surface area contributed by atoms with Gasteiger partial charge in [-0.25, -0.2) is 4.98 Å². The first-order valence-electron chi connectivity index (χ1n) is 4.22. The van der Waals surface area contributed by atoms with Crippen LogP contribution in [0.25, 0.3) is 0 Å². The van der Waals surface area contributed by atoms with Crippen molar-refractivity contribution in [3.63, 3.8) is 0 Å². The van der Waals surface area contributed by atoms with Crippen LogP contribution in [0.5, 0.6) is 0 Å². The van der Waals surface area contributed by atoms with Crippen LogP contribution in [0.1, 0.15) is 5.56 Å². The fourth-order valence-electron chi connectivity index (χ4n) is 1.03. The van der Waals surface area contributed by atoms with Gasteiger partial charge in [0.05, 0.1) is 0 Å². The highest BCUT2D eigenvalue weighted by Gasteiger charge is 1.99. The molecule has 0 aromatic carbocycles. The molecule has 1 aromatic heterocycles. The number of nitrogens with zero attached hydrogens (tertiary/aromatic N) is 3. The molecule has 0 spiro atoms. The zero-order chi connectivity index (χ0) is 10.6. The van der Waals surface area contributed by atoms with E-state index in [1.807, 2.05) is 31.1 Å². The van der Waals surface area contributed by atoms with Gasteiger partial charge in [0.15, 0.2) is 0 Å². The van der Waals surface area contributed by atoms with Crippen molar-refractivity contribution in [2.75, 3.05) is 19.0 Å². The van der Waals surface area contributed by atoms with Crippen LogP contribution in [0.4, 0.5) is 5.82 Å². The van der Waals surface area contributed by atoms with E-state index < -0.39 is 0 Å². The van der Waals surface area contributed by atoms with Crippen LogP contribution in [0.2, 0.25) is 0 Å². The van der Waals surface area contributed by atoms with Crippen molar-refractivity contribution in [1.29, 1.82) is 0 Å². The second kappa shape index (κ2) is 4.45. The second-order valence-electron chi connectivity index (χ2n) is 3.19. The summed E-state index contributed by atoms with van der Waals surface area (Å²) < 4.78 is 0. The minimum absolute atomic E-state index is 0.185. The van der Waals surface area contributed by atoms with Gasteiger partial charge in [-0.05, 0) is 11.6 Å². The zero-order valence-corrected chi connectivity index (χ0v) is 8.31. The van der Waals surface area contributed by atoms with Crippen LogP contribution in [-0.4, -0.2) is 30.1 Å². The third kappa shape index (κ3) is 2.62. The third-order valence-corrected chi connectivity index (χ3v) is 1.78. The predicted octanol–water partition coefficient (Wildman–Crippen LogP) is 0.436. The van der Waals surface area contributed by atoms with Crippen molar-refractivity contribution in [1.82, 2.24) is 4.98 Å². The lowest BCUT2D eigenvalue weighted by atomic mass is 10.2. The molecule has 1 heterocycles. The molecular formula is C9H14N4O. The summed E-state index contributed by atoms with van der Waals surface area (Å²) in [7, 11) is 3.84. The summed E-state index contributed by atoms with van der Waals surface area (Å²) in [5.74, 6) is 1.07. The Bertz CT molecular complexity index is 318. The van der Waals surface area contributed by atoms with E-state index in [0.29, 0.717) is 6.42 Å². The van der Waals surface area contributed by atoms with E-state index in [0.717, 1.165) is 11.4 Å². The van der Waals surface area contributed by atoms with Crippen LogP contribution in [-0.2, 0) is 6.42 Å². The molecule has 0 bridgehead atoms. The van der Waals surface area contributed by atoms with Crippen LogP contribution in [0, 0.1) is 0 Å². The van der Waals surface area contributed by atoms with Gasteiger partial charge >= 0.3 is 0 Å². The summed E-state index contributed by atoms with van der Waals surface area (Å²) in [6, 6.07) is 3.79. The van der Waals surface area contributed by atoms with Crippen molar-refractivity contribution in [3.8, 4) is 0 Å². The van der Waals surface area contributed by atoms with E-state index in [4.69, 9.17) is 10.9 Å². The lowest BCUT2D eigenvalue weighted by Crippen LogP contribution is -2.15. The predicted molar refractivity (Wildman–Crippen MR) is 55.7 cm³/mol. The summed E-state index contributed by atoms with van der Waals surface area (Å²) in [6.07, 6.45) is 2.13. The molecule has 0 saturated carbocycles. The van der Waals surface area contributed by atoms with Gasteiger partial charge < -0.3 is 15.8 Å². The molecule has 0 saturated heterocycles. The molecule has 5 heteroatoms. The van der Waals surface area contributed by atoms with E-state index in [1.165, 1.54) is 0 Å². The number of aromatic nitrogens is 1. The molecule has 0 atom stereocenters. The number of oxime groups is 1. The fourth-order valence-corrected chi connectivity index (χ4v) is 1.03. The number of pyridine rings is 1. The smallest absolute Gasteiger partial charge is 0.143 e. The molecule has 5 nitrogen and oxygen atoms in total. The maximum atomic E-state index is 8.37. The Balaban J connectivity index is 2.74. The van der Waals surface area contributed by atoms with Crippen molar-refractivity contribution in [2.45, 2.75) is 6.42 Å². The maximum Gasteiger partial charge on any atom is 0.143 e. The molecule has 3 N–H and O–H groups in total. The van der Waals surface area contributed by atoms with E-state index in [1.54, 1.807) is 6.20 Å². The van der Waals surface area contributed by atoms with E-state index in [9.17, 15) is 0 Å². The minimum atomic E-state index is 0.185. The molecule has 0 unspecified atom stereocenters. The first kappa shape index (κ1) is 10.3.